The fraction of sp³-hybridized carbons (Fsp3) is 0.364. The molecule has 1 aliphatic rings. The number of pyridine rings is 1. The van der Waals surface area contributed by atoms with Gasteiger partial charge in [-0.2, -0.15) is 5.26 Å². The minimum atomic E-state index is -1.09. The summed E-state index contributed by atoms with van der Waals surface area (Å²) in [6.45, 7) is 2.30. The van der Waals surface area contributed by atoms with E-state index in [1.54, 1.807) is 13.0 Å². The van der Waals surface area contributed by atoms with Crippen molar-refractivity contribution in [3.05, 3.63) is 17.3 Å². The summed E-state index contributed by atoms with van der Waals surface area (Å²) in [5.74, 6) is -0.847. The fourth-order valence-corrected chi connectivity index (χ4v) is 1.67. The van der Waals surface area contributed by atoms with E-state index in [0.717, 1.165) is 0 Å². The predicted octanol–water partition coefficient (Wildman–Crippen LogP) is 0.809. The predicted molar refractivity (Wildman–Crippen MR) is 59.2 cm³/mol. The van der Waals surface area contributed by atoms with Crippen molar-refractivity contribution in [1.29, 1.82) is 5.26 Å². The van der Waals surface area contributed by atoms with Gasteiger partial charge >= 0.3 is 5.97 Å². The van der Waals surface area contributed by atoms with Crippen LogP contribution in [0.4, 0.5) is 5.69 Å². The largest absolute Gasteiger partial charge is 0.480 e. The summed E-state index contributed by atoms with van der Waals surface area (Å²) in [6, 6.07) is 3.64. The molecular weight excluding hydrogens is 222 g/mol. The Morgan fingerprint density at radius 2 is 2.47 bits per heavy atom. The third-order valence-electron chi connectivity index (χ3n) is 2.63. The number of carboxylic acid groups (broad SMARTS) is 1. The van der Waals surface area contributed by atoms with Crippen LogP contribution in [0.15, 0.2) is 6.07 Å². The van der Waals surface area contributed by atoms with Crippen LogP contribution < -0.4 is 9.64 Å². The average Bonchev–Trinajstić information content (AvgIpc) is 3.07. The van der Waals surface area contributed by atoms with Crippen LogP contribution in [0.25, 0.3) is 0 Å². The molecule has 0 aliphatic carbocycles. The molecule has 2 rings (SSSR count). The molecule has 1 aromatic heterocycles. The van der Waals surface area contributed by atoms with Gasteiger partial charge in [0.1, 0.15) is 11.7 Å². The van der Waals surface area contributed by atoms with Crippen molar-refractivity contribution in [2.75, 3.05) is 18.6 Å². The number of anilines is 1. The van der Waals surface area contributed by atoms with Gasteiger partial charge in [-0.25, -0.2) is 9.78 Å². The van der Waals surface area contributed by atoms with E-state index in [2.05, 4.69) is 11.1 Å². The molecule has 6 nitrogen and oxygen atoms in total. The zero-order valence-corrected chi connectivity index (χ0v) is 9.47. The smallest absolute Gasteiger partial charge is 0.354 e. The summed E-state index contributed by atoms with van der Waals surface area (Å²) in [7, 11) is 1.43. The first kappa shape index (κ1) is 11.2. The number of hydrogen-bond donors (Lipinski definition) is 1. The molecule has 1 aliphatic heterocycles. The second-order valence-corrected chi connectivity index (χ2v) is 3.78. The number of aryl methyl sites for hydroxylation is 1. The minimum absolute atomic E-state index is 0.0269. The zero-order chi connectivity index (χ0) is 12.6. The van der Waals surface area contributed by atoms with E-state index < -0.39 is 5.97 Å². The molecule has 0 bridgehead atoms. The van der Waals surface area contributed by atoms with Crippen molar-refractivity contribution in [2.24, 2.45) is 0 Å². The molecule has 17 heavy (non-hydrogen) atoms. The number of carbonyl (C=O) groups is 1. The fourth-order valence-electron chi connectivity index (χ4n) is 1.67. The lowest BCUT2D eigenvalue weighted by Crippen LogP contribution is -2.08. The summed E-state index contributed by atoms with van der Waals surface area (Å²) >= 11 is 0. The summed E-state index contributed by atoms with van der Waals surface area (Å²) in [4.78, 5) is 16.7. The van der Waals surface area contributed by atoms with Gasteiger partial charge in [0.2, 0.25) is 5.88 Å². The van der Waals surface area contributed by atoms with Gasteiger partial charge in [-0.1, -0.05) is 0 Å². The number of aromatic carboxylic acids is 1. The molecule has 0 spiro atoms. The number of nitrogens with zero attached hydrogens (tertiary/aromatic N) is 3. The second-order valence-electron chi connectivity index (χ2n) is 3.78. The Hall–Kier alpha value is -2.29. The molecule has 88 valence electrons. The lowest BCUT2D eigenvalue weighted by molar-refractivity contribution is 0.0688. The van der Waals surface area contributed by atoms with E-state index in [-0.39, 0.29) is 17.6 Å². The van der Waals surface area contributed by atoms with Gasteiger partial charge in [0.05, 0.1) is 19.7 Å². The van der Waals surface area contributed by atoms with Crippen LogP contribution in [0, 0.1) is 18.3 Å². The maximum Gasteiger partial charge on any atom is 0.354 e. The Bertz CT molecular complexity index is 521. The van der Waals surface area contributed by atoms with Gasteiger partial charge in [0.25, 0.3) is 0 Å². The number of carboxylic acids is 1. The van der Waals surface area contributed by atoms with Crippen LogP contribution in [0.2, 0.25) is 0 Å². The van der Waals surface area contributed by atoms with E-state index in [1.807, 2.05) is 4.90 Å². The Kier molecular flexibility index (Phi) is 2.60. The number of hydrogen-bond acceptors (Lipinski definition) is 5. The van der Waals surface area contributed by atoms with Crippen LogP contribution in [-0.2, 0) is 0 Å². The van der Waals surface area contributed by atoms with E-state index >= 15 is 0 Å². The minimum Gasteiger partial charge on any atom is -0.480 e. The second kappa shape index (κ2) is 3.94. The molecule has 1 aromatic rings. The van der Waals surface area contributed by atoms with Crippen LogP contribution in [-0.4, -0.2) is 35.8 Å². The lowest BCUT2D eigenvalue weighted by atomic mass is 10.2. The highest BCUT2D eigenvalue weighted by molar-refractivity contribution is 5.88. The SMILES string of the molecule is COc1nc(C(=O)O)c(C)cc1N1CC1C#N. The molecule has 0 aromatic carbocycles. The van der Waals surface area contributed by atoms with Crippen molar-refractivity contribution in [2.45, 2.75) is 13.0 Å². The third kappa shape index (κ3) is 1.87. The van der Waals surface area contributed by atoms with E-state index in [1.165, 1.54) is 7.11 Å². The number of aromatic nitrogens is 1. The van der Waals surface area contributed by atoms with E-state index in [4.69, 9.17) is 15.1 Å². The first-order valence-corrected chi connectivity index (χ1v) is 5.03. The average molecular weight is 233 g/mol. The number of ether oxygens (including phenoxy) is 1. The van der Waals surface area contributed by atoms with Gasteiger partial charge in [0.15, 0.2) is 5.69 Å². The summed E-state index contributed by atoms with van der Waals surface area (Å²) in [5, 5.41) is 17.7. The van der Waals surface area contributed by atoms with Crippen molar-refractivity contribution in [1.82, 2.24) is 4.98 Å². The Morgan fingerprint density at radius 3 is 2.94 bits per heavy atom. The Labute approximate surface area is 98.1 Å². The van der Waals surface area contributed by atoms with Crippen molar-refractivity contribution < 1.29 is 14.6 Å². The maximum atomic E-state index is 10.9. The number of methoxy groups -OCH3 is 1. The van der Waals surface area contributed by atoms with Crippen LogP contribution >= 0.6 is 0 Å². The molecule has 0 saturated carbocycles. The number of nitriles is 1. The van der Waals surface area contributed by atoms with Crippen LogP contribution in [0.1, 0.15) is 16.1 Å². The van der Waals surface area contributed by atoms with Gasteiger partial charge in [-0.3, -0.25) is 0 Å². The van der Waals surface area contributed by atoms with Crippen LogP contribution in [0.3, 0.4) is 0 Å². The molecule has 1 unspecified atom stereocenters. The van der Waals surface area contributed by atoms with E-state index in [9.17, 15) is 4.79 Å². The van der Waals surface area contributed by atoms with E-state index in [0.29, 0.717) is 17.8 Å². The molecule has 2 heterocycles. The topological polar surface area (TPSA) is 86.2 Å². The summed E-state index contributed by atoms with van der Waals surface area (Å²) < 4.78 is 5.06. The lowest BCUT2D eigenvalue weighted by Gasteiger charge is -2.11. The molecular formula is C11H11N3O3. The monoisotopic (exact) mass is 233 g/mol. The van der Waals surface area contributed by atoms with Gasteiger partial charge in [-0.05, 0) is 18.6 Å². The first-order chi connectivity index (χ1) is 8.08. The van der Waals surface area contributed by atoms with Crippen molar-refractivity contribution in [3.63, 3.8) is 0 Å². The zero-order valence-electron chi connectivity index (χ0n) is 9.47. The Balaban J connectivity index is 2.44. The van der Waals surface area contributed by atoms with Gasteiger partial charge in [-0.15, -0.1) is 0 Å². The molecule has 1 fully saturated rings. The molecule has 1 atom stereocenters. The molecule has 0 amide bonds. The third-order valence-corrected chi connectivity index (χ3v) is 2.63. The highest BCUT2D eigenvalue weighted by atomic mass is 16.5. The van der Waals surface area contributed by atoms with Gasteiger partial charge in [0, 0.05) is 0 Å². The highest BCUT2D eigenvalue weighted by Crippen LogP contribution is 2.35. The van der Waals surface area contributed by atoms with Crippen molar-refractivity contribution in [3.8, 4) is 11.9 Å². The Morgan fingerprint density at radius 1 is 1.76 bits per heavy atom. The van der Waals surface area contributed by atoms with Gasteiger partial charge < -0.3 is 14.7 Å². The molecule has 1 saturated heterocycles. The first-order valence-electron chi connectivity index (χ1n) is 5.03. The van der Waals surface area contributed by atoms with Crippen LogP contribution in [0.5, 0.6) is 5.88 Å². The standard InChI is InChI=1S/C11H11N3O3/c1-6-3-8(14-5-7(14)4-12)10(17-2)13-9(6)11(15)16/h3,7H,5H2,1-2H3,(H,15,16). The number of rotatable bonds is 3. The normalized spacial score (nSPS) is 17.5. The summed E-state index contributed by atoms with van der Waals surface area (Å²) in [5.41, 5.74) is 1.19. The molecule has 1 N–H and O–H groups in total. The molecule has 0 radical (unpaired) electrons. The maximum absolute atomic E-state index is 10.9. The molecule has 6 heteroatoms. The quantitative estimate of drug-likeness (QED) is 0.777. The summed E-state index contributed by atoms with van der Waals surface area (Å²) in [6.07, 6.45) is 0. The van der Waals surface area contributed by atoms with Crippen molar-refractivity contribution >= 4 is 11.7 Å². The highest BCUT2D eigenvalue weighted by Gasteiger charge is 2.37.